The summed E-state index contributed by atoms with van der Waals surface area (Å²) in [6.45, 7) is 3.18. The van der Waals surface area contributed by atoms with E-state index in [9.17, 15) is 5.11 Å². The van der Waals surface area contributed by atoms with Crippen molar-refractivity contribution in [3.05, 3.63) is 71.8 Å². The summed E-state index contributed by atoms with van der Waals surface area (Å²) >= 11 is 0. The maximum atomic E-state index is 10.7. The molecule has 5 heteroatoms. The largest absolute Gasteiger partial charge is 0.390 e. The first-order valence-corrected chi connectivity index (χ1v) is 9.32. The van der Waals surface area contributed by atoms with Gasteiger partial charge in [-0.25, -0.2) is 0 Å². The first-order valence-electron chi connectivity index (χ1n) is 9.32. The molecule has 0 aliphatic carbocycles. The van der Waals surface area contributed by atoms with E-state index in [2.05, 4.69) is 0 Å². The molecule has 1 fully saturated rings. The van der Waals surface area contributed by atoms with Crippen LogP contribution in [0.25, 0.3) is 0 Å². The second-order valence-corrected chi connectivity index (χ2v) is 6.89. The van der Waals surface area contributed by atoms with E-state index in [1.807, 2.05) is 67.6 Å². The lowest BCUT2D eigenvalue weighted by Gasteiger charge is -2.42. The van der Waals surface area contributed by atoms with Crippen LogP contribution in [0.4, 0.5) is 0 Å². The summed E-state index contributed by atoms with van der Waals surface area (Å²) in [5.41, 5.74) is 2.16. The highest BCUT2D eigenvalue weighted by atomic mass is 16.7. The van der Waals surface area contributed by atoms with Gasteiger partial charge in [0.1, 0.15) is 12.2 Å². The Hall–Kier alpha value is -1.76. The summed E-state index contributed by atoms with van der Waals surface area (Å²) in [7, 11) is 1.59. The van der Waals surface area contributed by atoms with Gasteiger partial charge in [-0.2, -0.15) is 0 Å². The van der Waals surface area contributed by atoms with Crippen molar-refractivity contribution in [1.82, 2.24) is 0 Å². The molecule has 146 valence electrons. The van der Waals surface area contributed by atoms with Gasteiger partial charge in [-0.3, -0.25) is 0 Å². The molecule has 0 saturated carbocycles. The Kier molecular flexibility index (Phi) is 7.38. The van der Waals surface area contributed by atoms with Crippen LogP contribution in [0.2, 0.25) is 0 Å². The fourth-order valence-electron chi connectivity index (χ4n) is 3.30. The van der Waals surface area contributed by atoms with E-state index >= 15 is 0 Å². The monoisotopic (exact) mass is 372 g/mol. The van der Waals surface area contributed by atoms with Gasteiger partial charge in [0.15, 0.2) is 6.29 Å². The van der Waals surface area contributed by atoms with E-state index in [-0.39, 0.29) is 12.0 Å². The van der Waals surface area contributed by atoms with Crippen molar-refractivity contribution >= 4 is 0 Å². The lowest BCUT2D eigenvalue weighted by Crippen LogP contribution is -2.56. The van der Waals surface area contributed by atoms with Gasteiger partial charge >= 0.3 is 0 Å². The molecule has 27 heavy (non-hydrogen) atoms. The van der Waals surface area contributed by atoms with Crippen LogP contribution >= 0.6 is 0 Å². The van der Waals surface area contributed by atoms with E-state index in [1.165, 1.54) is 0 Å². The second kappa shape index (κ2) is 9.97. The fraction of sp³-hybridized carbons (Fsp3) is 0.455. The third-order valence-electron chi connectivity index (χ3n) is 4.93. The highest BCUT2D eigenvalue weighted by Gasteiger charge is 2.43. The van der Waals surface area contributed by atoms with Crippen molar-refractivity contribution < 1.29 is 24.1 Å². The zero-order valence-corrected chi connectivity index (χ0v) is 15.9. The minimum absolute atomic E-state index is 0.141. The second-order valence-electron chi connectivity index (χ2n) is 6.89. The van der Waals surface area contributed by atoms with Crippen LogP contribution in [0.5, 0.6) is 0 Å². The molecule has 1 aliphatic heterocycles. The molecule has 3 unspecified atom stereocenters. The predicted octanol–water partition coefficient (Wildman–Crippen LogP) is 3.16. The van der Waals surface area contributed by atoms with Gasteiger partial charge in [0.05, 0.1) is 25.9 Å². The summed E-state index contributed by atoms with van der Waals surface area (Å²) in [4.78, 5) is 0. The van der Waals surface area contributed by atoms with Crippen molar-refractivity contribution in [2.24, 2.45) is 5.92 Å². The number of rotatable bonds is 8. The summed E-state index contributed by atoms with van der Waals surface area (Å²) in [5, 5.41) is 10.7. The van der Waals surface area contributed by atoms with Crippen LogP contribution in [-0.2, 0) is 32.2 Å². The molecule has 1 N–H and O–H groups in total. The Morgan fingerprint density at radius 2 is 1.52 bits per heavy atom. The highest BCUT2D eigenvalue weighted by molar-refractivity contribution is 5.14. The van der Waals surface area contributed by atoms with Gasteiger partial charge in [-0.1, -0.05) is 67.6 Å². The van der Waals surface area contributed by atoms with E-state index in [1.54, 1.807) is 7.11 Å². The van der Waals surface area contributed by atoms with E-state index in [0.29, 0.717) is 19.8 Å². The molecule has 0 amide bonds. The average Bonchev–Trinajstić information content (AvgIpc) is 2.72. The van der Waals surface area contributed by atoms with E-state index in [4.69, 9.17) is 18.9 Å². The summed E-state index contributed by atoms with van der Waals surface area (Å²) < 4.78 is 23.2. The van der Waals surface area contributed by atoms with E-state index in [0.717, 1.165) is 11.1 Å². The third-order valence-corrected chi connectivity index (χ3v) is 4.93. The first-order chi connectivity index (χ1) is 13.2. The van der Waals surface area contributed by atoms with Crippen LogP contribution in [0.1, 0.15) is 18.1 Å². The topological polar surface area (TPSA) is 57.2 Å². The number of hydrogen-bond acceptors (Lipinski definition) is 5. The number of ether oxygens (including phenoxy) is 4. The zero-order chi connectivity index (χ0) is 19.1. The zero-order valence-electron chi connectivity index (χ0n) is 15.9. The predicted molar refractivity (Wildman–Crippen MR) is 102 cm³/mol. The Morgan fingerprint density at radius 3 is 2.11 bits per heavy atom. The van der Waals surface area contributed by atoms with Gasteiger partial charge in [0, 0.05) is 13.0 Å². The smallest absolute Gasteiger partial charge is 0.184 e. The molecule has 3 rings (SSSR count). The number of hydrogen-bond donors (Lipinski definition) is 1. The summed E-state index contributed by atoms with van der Waals surface area (Å²) in [6, 6.07) is 19.9. The number of benzene rings is 2. The van der Waals surface area contributed by atoms with Crippen LogP contribution < -0.4 is 0 Å². The summed E-state index contributed by atoms with van der Waals surface area (Å²) in [6.07, 6.45) is -2.04. The van der Waals surface area contributed by atoms with Crippen molar-refractivity contribution in [2.45, 2.75) is 44.7 Å². The Labute approximate surface area is 160 Å². The van der Waals surface area contributed by atoms with Gasteiger partial charge in [-0.15, -0.1) is 0 Å². The number of methoxy groups -OCH3 is 1. The molecule has 0 bridgehead atoms. The molecule has 1 heterocycles. The van der Waals surface area contributed by atoms with Gasteiger partial charge in [0.2, 0.25) is 0 Å². The maximum Gasteiger partial charge on any atom is 0.184 e. The van der Waals surface area contributed by atoms with Crippen LogP contribution in [0.3, 0.4) is 0 Å². The molecule has 5 atom stereocenters. The Morgan fingerprint density at radius 1 is 0.926 bits per heavy atom. The number of aliphatic hydroxyl groups is 1. The van der Waals surface area contributed by atoms with Crippen molar-refractivity contribution in [3.8, 4) is 0 Å². The van der Waals surface area contributed by atoms with Crippen molar-refractivity contribution in [3.63, 3.8) is 0 Å². The lowest BCUT2D eigenvalue weighted by atomic mass is 9.90. The summed E-state index contributed by atoms with van der Waals surface area (Å²) in [5.74, 6) is -0.141. The minimum Gasteiger partial charge on any atom is -0.390 e. The van der Waals surface area contributed by atoms with Crippen LogP contribution in [0.15, 0.2) is 60.7 Å². The van der Waals surface area contributed by atoms with Crippen LogP contribution in [0, 0.1) is 5.92 Å². The van der Waals surface area contributed by atoms with Gasteiger partial charge in [0.25, 0.3) is 0 Å². The molecule has 1 saturated heterocycles. The number of aliphatic hydroxyl groups excluding tert-OH is 1. The minimum atomic E-state index is -0.687. The Bertz CT molecular complexity index is 659. The molecule has 2 aromatic rings. The molecule has 1 aliphatic rings. The fourth-order valence-corrected chi connectivity index (χ4v) is 3.30. The SMILES string of the molecule is COC1OC(COCc2ccccc2)C(O)[C@H](C)[C@H]1OCc1ccccc1. The molecular weight excluding hydrogens is 344 g/mol. The lowest BCUT2D eigenvalue weighted by molar-refractivity contribution is -0.294. The highest BCUT2D eigenvalue weighted by Crippen LogP contribution is 2.29. The van der Waals surface area contributed by atoms with E-state index < -0.39 is 18.5 Å². The molecular formula is C22H28O5. The molecule has 2 aromatic carbocycles. The van der Waals surface area contributed by atoms with Crippen molar-refractivity contribution in [1.29, 1.82) is 0 Å². The quantitative estimate of drug-likeness (QED) is 0.771. The molecule has 0 aromatic heterocycles. The molecule has 0 spiro atoms. The molecule has 0 radical (unpaired) electrons. The standard InChI is InChI=1S/C22H28O5/c1-16-20(23)19(15-25-13-17-9-5-3-6-10-17)27-22(24-2)21(16)26-14-18-11-7-4-8-12-18/h3-12,16,19-23H,13-15H2,1-2H3/t16-,19?,20?,21+,22?/m0/s1. The van der Waals surface area contributed by atoms with Crippen LogP contribution in [-0.4, -0.2) is 43.4 Å². The van der Waals surface area contributed by atoms with Crippen molar-refractivity contribution in [2.75, 3.05) is 13.7 Å². The first kappa shape index (κ1) is 20.0. The average molecular weight is 372 g/mol. The van der Waals surface area contributed by atoms with Gasteiger partial charge < -0.3 is 24.1 Å². The maximum absolute atomic E-state index is 10.7. The van der Waals surface area contributed by atoms with Gasteiger partial charge in [-0.05, 0) is 11.1 Å². The Balaban J connectivity index is 1.54. The molecule has 5 nitrogen and oxygen atoms in total. The normalized spacial score (nSPS) is 28.2. The third kappa shape index (κ3) is 5.37.